The van der Waals surface area contributed by atoms with E-state index in [1.165, 1.54) is 5.56 Å². The molecule has 0 aliphatic carbocycles. The van der Waals surface area contributed by atoms with E-state index in [2.05, 4.69) is 43.4 Å². The van der Waals surface area contributed by atoms with Gasteiger partial charge in [0, 0.05) is 5.02 Å². The second kappa shape index (κ2) is 8.74. The maximum absolute atomic E-state index is 12.6. The van der Waals surface area contributed by atoms with Crippen LogP contribution in [-0.2, 0) is 4.79 Å². The van der Waals surface area contributed by atoms with Crippen molar-refractivity contribution in [3.05, 3.63) is 64.7 Å². The molecular formula is C20H24ClNO2. The lowest BCUT2D eigenvalue weighted by atomic mass is 10.0. The van der Waals surface area contributed by atoms with Crippen LogP contribution >= 0.6 is 11.6 Å². The number of benzene rings is 2. The van der Waals surface area contributed by atoms with E-state index in [0.717, 1.165) is 12.0 Å². The maximum Gasteiger partial charge on any atom is 0.261 e. The van der Waals surface area contributed by atoms with E-state index in [1.54, 1.807) is 18.2 Å². The van der Waals surface area contributed by atoms with Crippen LogP contribution in [0.1, 0.15) is 43.9 Å². The molecule has 1 N–H and O–H groups in total. The lowest BCUT2D eigenvalue weighted by Crippen LogP contribution is -2.39. The molecule has 0 saturated heterocycles. The maximum atomic E-state index is 12.6. The van der Waals surface area contributed by atoms with Gasteiger partial charge in [-0.25, -0.2) is 0 Å². The highest BCUT2D eigenvalue weighted by Gasteiger charge is 2.22. The van der Waals surface area contributed by atoms with Crippen molar-refractivity contribution in [1.29, 1.82) is 0 Å². The van der Waals surface area contributed by atoms with Gasteiger partial charge in [-0.3, -0.25) is 4.79 Å². The Kier molecular flexibility index (Phi) is 6.68. The number of ether oxygens (including phenoxy) is 1. The summed E-state index contributed by atoms with van der Waals surface area (Å²) in [6.45, 7) is 6.04. The molecule has 0 heterocycles. The quantitative estimate of drug-likeness (QED) is 0.760. The molecule has 2 atom stereocenters. The molecule has 0 aromatic heterocycles. The second-order valence-corrected chi connectivity index (χ2v) is 6.29. The van der Waals surface area contributed by atoms with Gasteiger partial charge in [0.2, 0.25) is 0 Å². The van der Waals surface area contributed by atoms with Gasteiger partial charge in [-0.1, -0.05) is 61.3 Å². The van der Waals surface area contributed by atoms with Crippen LogP contribution in [0, 0.1) is 6.92 Å². The minimum Gasteiger partial charge on any atom is -0.481 e. The summed E-state index contributed by atoms with van der Waals surface area (Å²) in [6, 6.07) is 15.3. The highest BCUT2D eigenvalue weighted by Crippen LogP contribution is 2.21. The Morgan fingerprint density at radius 3 is 2.42 bits per heavy atom. The van der Waals surface area contributed by atoms with Crippen molar-refractivity contribution >= 4 is 17.5 Å². The van der Waals surface area contributed by atoms with Gasteiger partial charge in [0.15, 0.2) is 6.10 Å². The zero-order valence-corrected chi connectivity index (χ0v) is 15.1. The zero-order chi connectivity index (χ0) is 17.5. The van der Waals surface area contributed by atoms with Crippen molar-refractivity contribution in [1.82, 2.24) is 5.32 Å². The molecule has 0 bridgehead atoms. The first-order valence-electron chi connectivity index (χ1n) is 8.32. The molecule has 0 aliphatic heterocycles. The van der Waals surface area contributed by atoms with Crippen molar-refractivity contribution in [2.24, 2.45) is 0 Å². The lowest BCUT2D eigenvalue weighted by Gasteiger charge is -2.22. The van der Waals surface area contributed by atoms with Gasteiger partial charge in [-0.05, 0) is 43.5 Å². The molecule has 2 aromatic rings. The topological polar surface area (TPSA) is 38.3 Å². The summed E-state index contributed by atoms with van der Waals surface area (Å²) in [7, 11) is 0. The third kappa shape index (κ3) is 5.00. The van der Waals surface area contributed by atoms with Gasteiger partial charge in [0.1, 0.15) is 5.75 Å². The summed E-state index contributed by atoms with van der Waals surface area (Å²) in [6.07, 6.45) is 0.869. The third-order valence-electron chi connectivity index (χ3n) is 3.94. The van der Waals surface area contributed by atoms with Crippen LogP contribution in [0.4, 0.5) is 0 Å². The van der Waals surface area contributed by atoms with Crippen LogP contribution in [0.15, 0.2) is 48.5 Å². The largest absolute Gasteiger partial charge is 0.481 e. The minimum atomic E-state index is -0.539. The number of hydrogen-bond acceptors (Lipinski definition) is 2. The van der Waals surface area contributed by atoms with E-state index < -0.39 is 6.10 Å². The Labute approximate surface area is 149 Å². The second-order valence-electron chi connectivity index (χ2n) is 5.85. The van der Waals surface area contributed by atoms with Crippen LogP contribution in [0.2, 0.25) is 5.02 Å². The zero-order valence-electron chi connectivity index (χ0n) is 14.4. The summed E-state index contributed by atoms with van der Waals surface area (Å²) >= 11 is 5.97. The van der Waals surface area contributed by atoms with E-state index in [1.807, 2.05) is 13.0 Å². The summed E-state index contributed by atoms with van der Waals surface area (Å²) in [4.78, 5) is 12.6. The van der Waals surface area contributed by atoms with Gasteiger partial charge in [-0.2, -0.15) is 0 Å². The predicted octanol–water partition coefficient (Wildman–Crippen LogP) is 5.07. The van der Waals surface area contributed by atoms with Crippen LogP contribution in [-0.4, -0.2) is 12.0 Å². The Hall–Kier alpha value is -2.00. The number of amides is 1. The molecular weight excluding hydrogens is 322 g/mol. The molecule has 0 unspecified atom stereocenters. The number of halogens is 1. The molecule has 0 spiro atoms. The molecule has 2 aromatic carbocycles. The molecule has 24 heavy (non-hydrogen) atoms. The third-order valence-corrected chi connectivity index (χ3v) is 4.18. The average Bonchev–Trinajstić information content (AvgIpc) is 2.58. The Bertz CT molecular complexity index is 670. The molecule has 1 amide bonds. The van der Waals surface area contributed by atoms with Gasteiger partial charge in [0.25, 0.3) is 5.91 Å². The summed E-state index contributed by atoms with van der Waals surface area (Å²) < 4.78 is 5.81. The fourth-order valence-electron chi connectivity index (χ4n) is 2.51. The number of aryl methyl sites for hydroxylation is 1. The molecule has 3 nitrogen and oxygen atoms in total. The van der Waals surface area contributed by atoms with Crippen LogP contribution in [0.25, 0.3) is 0 Å². The van der Waals surface area contributed by atoms with Crippen LogP contribution < -0.4 is 10.1 Å². The summed E-state index contributed by atoms with van der Waals surface area (Å²) in [5, 5.41) is 3.68. The fourth-order valence-corrected chi connectivity index (χ4v) is 2.69. The Balaban J connectivity index is 2.05. The Morgan fingerprint density at radius 2 is 1.83 bits per heavy atom. The van der Waals surface area contributed by atoms with E-state index in [-0.39, 0.29) is 11.9 Å². The van der Waals surface area contributed by atoms with Crippen molar-refractivity contribution in [2.45, 2.75) is 45.8 Å². The molecule has 0 fully saturated rings. The van der Waals surface area contributed by atoms with E-state index >= 15 is 0 Å². The SMILES string of the molecule is CC[C@H](Oc1cccc(Cl)c1)C(=O)N[C@H](CC)c1ccc(C)cc1. The summed E-state index contributed by atoms with van der Waals surface area (Å²) in [5.41, 5.74) is 2.31. The van der Waals surface area contributed by atoms with E-state index in [4.69, 9.17) is 16.3 Å². The number of carbonyl (C=O) groups is 1. The first-order chi connectivity index (χ1) is 11.5. The van der Waals surface area contributed by atoms with Crippen molar-refractivity contribution < 1.29 is 9.53 Å². The van der Waals surface area contributed by atoms with Gasteiger partial charge in [0.05, 0.1) is 6.04 Å². The molecule has 2 rings (SSSR count). The monoisotopic (exact) mass is 345 g/mol. The van der Waals surface area contributed by atoms with Crippen LogP contribution in [0.5, 0.6) is 5.75 Å². The van der Waals surface area contributed by atoms with Crippen molar-refractivity contribution in [2.75, 3.05) is 0 Å². The smallest absolute Gasteiger partial charge is 0.261 e. The van der Waals surface area contributed by atoms with Crippen molar-refractivity contribution in [3.8, 4) is 5.75 Å². The fraction of sp³-hybridized carbons (Fsp3) is 0.350. The number of rotatable bonds is 7. The number of carbonyl (C=O) groups excluding carboxylic acids is 1. The van der Waals surface area contributed by atoms with Crippen molar-refractivity contribution in [3.63, 3.8) is 0 Å². The van der Waals surface area contributed by atoms with E-state index in [0.29, 0.717) is 17.2 Å². The predicted molar refractivity (Wildman–Crippen MR) is 98.5 cm³/mol. The first-order valence-corrected chi connectivity index (χ1v) is 8.70. The highest BCUT2D eigenvalue weighted by molar-refractivity contribution is 6.30. The first kappa shape index (κ1) is 18.3. The summed E-state index contributed by atoms with van der Waals surface area (Å²) in [5.74, 6) is 0.498. The van der Waals surface area contributed by atoms with Gasteiger partial charge < -0.3 is 10.1 Å². The number of nitrogens with one attached hydrogen (secondary N) is 1. The lowest BCUT2D eigenvalue weighted by molar-refractivity contribution is -0.128. The molecule has 4 heteroatoms. The minimum absolute atomic E-state index is 0.0184. The van der Waals surface area contributed by atoms with Crippen LogP contribution in [0.3, 0.4) is 0 Å². The number of hydrogen-bond donors (Lipinski definition) is 1. The molecule has 0 radical (unpaired) electrons. The highest BCUT2D eigenvalue weighted by atomic mass is 35.5. The van der Waals surface area contributed by atoms with Gasteiger partial charge >= 0.3 is 0 Å². The normalized spacial score (nSPS) is 13.2. The molecule has 128 valence electrons. The molecule has 0 saturated carbocycles. The van der Waals surface area contributed by atoms with Gasteiger partial charge in [-0.15, -0.1) is 0 Å². The Morgan fingerprint density at radius 1 is 1.12 bits per heavy atom. The average molecular weight is 346 g/mol. The molecule has 0 aliphatic rings. The standard InChI is InChI=1S/C20H24ClNO2/c1-4-18(15-11-9-14(3)10-12-15)22-20(23)19(5-2)24-17-8-6-7-16(21)13-17/h6-13,18-19H,4-5H2,1-3H3,(H,22,23)/t18-,19+/m1/s1. The van der Waals surface area contributed by atoms with E-state index in [9.17, 15) is 4.79 Å².